The molecule has 0 saturated heterocycles. The molecule has 2 amide bonds. The molecule has 0 atom stereocenters. The lowest BCUT2D eigenvalue weighted by Gasteiger charge is -2.16. The third-order valence-corrected chi connectivity index (χ3v) is 4.24. The number of carboxylic acid groups (broad SMARTS) is 1. The molecule has 0 saturated carbocycles. The topological polar surface area (TPSA) is 98.7 Å². The summed E-state index contributed by atoms with van der Waals surface area (Å²) in [6, 6.07) is 12.5. The Balaban J connectivity index is 1.88. The molecule has 0 unspecified atom stereocenters. The maximum absolute atomic E-state index is 12.2. The molecule has 2 rings (SSSR count). The summed E-state index contributed by atoms with van der Waals surface area (Å²) in [5.41, 5.74) is 4.15. The van der Waals surface area contributed by atoms with Crippen molar-refractivity contribution in [1.29, 1.82) is 0 Å². The summed E-state index contributed by atoms with van der Waals surface area (Å²) in [5, 5.41) is 14.6. The van der Waals surface area contributed by atoms with Gasteiger partial charge in [-0.25, -0.2) is 0 Å². The molecule has 0 aliphatic rings. The Labute approximate surface area is 164 Å². The first-order valence-electron chi connectivity index (χ1n) is 8.94. The van der Waals surface area contributed by atoms with Crippen LogP contribution in [0.1, 0.15) is 27.9 Å². The van der Waals surface area contributed by atoms with E-state index in [9.17, 15) is 14.4 Å². The molecule has 0 radical (unpaired) electrons. The molecule has 0 aliphatic carbocycles. The Hall–Kier alpha value is -3.35. The largest absolute Gasteiger partial charge is 0.481 e. The molecule has 0 aliphatic heterocycles. The highest BCUT2D eigenvalue weighted by Crippen LogP contribution is 2.16. The number of carboxylic acids is 1. The van der Waals surface area contributed by atoms with Gasteiger partial charge in [-0.1, -0.05) is 17.7 Å². The van der Waals surface area contributed by atoms with Gasteiger partial charge < -0.3 is 20.6 Å². The van der Waals surface area contributed by atoms with Crippen LogP contribution < -0.4 is 10.6 Å². The molecular weight excluding hydrogens is 358 g/mol. The smallest absolute Gasteiger partial charge is 0.305 e. The van der Waals surface area contributed by atoms with Gasteiger partial charge in [-0.05, 0) is 49.7 Å². The van der Waals surface area contributed by atoms with Gasteiger partial charge in [0.25, 0.3) is 5.91 Å². The standard InChI is InChI=1S/C21H25N3O4/c1-14-4-9-18(15(2)12-14)22-13-19(25)23-17-7-5-16(6-8-17)21(28)24(3)11-10-20(26)27/h4-9,12,22H,10-11,13H2,1-3H3,(H,23,25)(H,26,27). The maximum atomic E-state index is 12.2. The number of aryl methyl sites for hydroxylation is 2. The minimum Gasteiger partial charge on any atom is -0.481 e. The molecule has 148 valence electrons. The van der Waals surface area contributed by atoms with E-state index >= 15 is 0 Å². The SMILES string of the molecule is Cc1ccc(NCC(=O)Nc2ccc(C(=O)N(C)CCC(=O)O)cc2)c(C)c1. The summed E-state index contributed by atoms with van der Waals surface area (Å²) in [6.45, 7) is 4.26. The number of amides is 2. The average Bonchev–Trinajstić information content (AvgIpc) is 2.65. The van der Waals surface area contributed by atoms with Crippen LogP contribution in [0.15, 0.2) is 42.5 Å². The van der Waals surface area contributed by atoms with E-state index in [2.05, 4.69) is 10.6 Å². The first-order chi connectivity index (χ1) is 13.3. The second-order valence-corrected chi connectivity index (χ2v) is 6.67. The average molecular weight is 383 g/mol. The highest BCUT2D eigenvalue weighted by Gasteiger charge is 2.13. The zero-order chi connectivity index (χ0) is 20.7. The molecule has 0 spiro atoms. The van der Waals surface area contributed by atoms with Gasteiger partial charge in [0.05, 0.1) is 13.0 Å². The van der Waals surface area contributed by atoms with Crippen LogP contribution in [-0.4, -0.2) is 47.9 Å². The van der Waals surface area contributed by atoms with Crippen LogP contribution in [0.2, 0.25) is 0 Å². The Morgan fingerprint density at radius 3 is 2.32 bits per heavy atom. The molecule has 28 heavy (non-hydrogen) atoms. The van der Waals surface area contributed by atoms with E-state index in [1.165, 1.54) is 4.90 Å². The fraction of sp³-hybridized carbons (Fsp3) is 0.286. The third kappa shape index (κ3) is 6.12. The van der Waals surface area contributed by atoms with Crippen molar-refractivity contribution in [2.75, 3.05) is 30.8 Å². The Morgan fingerprint density at radius 2 is 1.71 bits per heavy atom. The summed E-state index contributed by atoms with van der Waals surface area (Å²) in [7, 11) is 1.56. The van der Waals surface area contributed by atoms with Crippen LogP contribution in [0.3, 0.4) is 0 Å². The summed E-state index contributed by atoms with van der Waals surface area (Å²) in [6.07, 6.45) is -0.107. The molecule has 0 aromatic heterocycles. The zero-order valence-electron chi connectivity index (χ0n) is 16.3. The highest BCUT2D eigenvalue weighted by atomic mass is 16.4. The lowest BCUT2D eigenvalue weighted by Crippen LogP contribution is -2.29. The van der Waals surface area contributed by atoms with E-state index in [0.29, 0.717) is 11.3 Å². The predicted octanol–water partition coefficient (Wildman–Crippen LogP) is 2.90. The first-order valence-corrected chi connectivity index (χ1v) is 8.94. The molecule has 3 N–H and O–H groups in total. The van der Waals surface area contributed by atoms with Gasteiger partial charge in [0.2, 0.25) is 5.91 Å². The number of nitrogens with one attached hydrogen (secondary N) is 2. The van der Waals surface area contributed by atoms with Crippen molar-refractivity contribution in [2.45, 2.75) is 20.3 Å². The van der Waals surface area contributed by atoms with Gasteiger partial charge >= 0.3 is 5.97 Å². The van der Waals surface area contributed by atoms with Crippen molar-refractivity contribution in [3.63, 3.8) is 0 Å². The number of carbonyl (C=O) groups is 3. The Bertz CT molecular complexity index is 862. The van der Waals surface area contributed by atoms with Crippen LogP contribution in [0.25, 0.3) is 0 Å². The third-order valence-electron chi connectivity index (χ3n) is 4.24. The summed E-state index contributed by atoms with van der Waals surface area (Å²) < 4.78 is 0. The summed E-state index contributed by atoms with van der Waals surface area (Å²) >= 11 is 0. The fourth-order valence-corrected chi connectivity index (χ4v) is 2.67. The highest BCUT2D eigenvalue weighted by molar-refractivity contribution is 5.96. The summed E-state index contributed by atoms with van der Waals surface area (Å²) in [4.78, 5) is 36.3. The summed E-state index contributed by atoms with van der Waals surface area (Å²) in [5.74, 6) is -1.42. The van der Waals surface area contributed by atoms with Crippen LogP contribution in [0.5, 0.6) is 0 Å². The molecule has 2 aromatic rings. The lowest BCUT2D eigenvalue weighted by molar-refractivity contribution is -0.137. The number of benzene rings is 2. The minimum atomic E-state index is -0.952. The molecule has 0 bridgehead atoms. The molecular formula is C21H25N3O4. The van der Waals surface area contributed by atoms with E-state index in [0.717, 1.165) is 16.8 Å². The minimum absolute atomic E-state index is 0.107. The molecule has 0 heterocycles. The first kappa shape index (κ1) is 21.0. The number of carbonyl (C=O) groups excluding carboxylic acids is 2. The Morgan fingerprint density at radius 1 is 1.04 bits per heavy atom. The molecule has 7 heteroatoms. The van der Waals surface area contributed by atoms with Crippen molar-refractivity contribution in [3.05, 3.63) is 59.2 Å². The van der Waals surface area contributed by atoms with Crippen LogP contribution in [-0.2, 0) is 9.59 Å². The van der Waals surface area contributed by atoms with E-state index in [-0.39, 0.29) is 31.3 Å². The van der Waals surface area contributed by atoms with Gasteiger partial charge in [-0.3, -0.25) is 14.4 Å². The van der Waals surface area contributed by atoms with Crippen LogP contribution >= 0.6 is 0 Å². The second kappa shape index (κ2) is 9.55. The molecule has 7 nitrogen and oxygen atoms in total. The van der Waals surface area contributed by atoms with Gasteiger partial charge in [-0.15, -0.1) is 0 Å². The van der Waals surface area contributed by atoms with E-state index in [4.69, 9.17) is 5.11 Å². The van der Waals surface area contributed by atoms with Crippen molar-refractivity contribution in [1.82, 2.24) is 4.90 Å². The predicted molar refractivity (Wildman–Crippen MR) is 109 cm³/mol. The fourth-order valence-electron chi connectivity index (χ4n) is 2.67. The van der Waals surface area contributed by atoms with Crippen molar-refractivity contribution in [2.24, 2.45) is 0 Å². The maximum Gasteiger partial charge on any atom is 0.305 e. The van der Waals surface area contributed by atoms with Crippen molar-refractivity contribution >= 4 is 29.2 Å². The van der Waals surface area contributed by atoms with Gasteiger partial charge in [-0.2, -0.15) is 0 Å². The number of anilines is 2. The lowest BCUT2D eigenvalue weighted by atomic mass is 10.1. The second-order valence-electron chi connectivity index (χ2n) is 6.67. The van der Waals surface area contributed by atoms with Crippen molar-refractivity contribution in [3.8, 4) is 0 Å². The number of hydrogen-bond donors (Lipinski definition) is 3. The number of nitrogens with zero attached hydrogens (tertiary/aromatic N) is 1. The monoisotopic (exact) mass is 383 g/mol. The van der Waals surface area contributed by atoms with Crippen LogP contribution in [0.4, 0.5) is 11.4 Å². The van der Waals surface area contributed by atoms with Gasteiger partial charge in [0, 0.05) is 30.5 Å². The zero-order valence-corrected chi connectivity index (χ0v) is 16.3. The molecule has 0 fully saturated rings. The number of hydrogen-bond acceptors (Lipinski definition) is 4. The van der Waals surface area contributed by atoms with E-state index < -0.39 is 5.97 Å². The number of rotatable bonds is 8. The normalized spacial score (nSPS) is 10.2. The number of aliphatic carboxylic acids is 1. The van der Waals surface area contributed by atoms with Gasteiger partial charge in [0.1, 0.15) is 0 Å². The molecule has 2 aromatic carbocycles. The van der Waals surface area contributed by atoms with E-state index in [1.54, 1.807) is 31.3 Å². The van der Waals surface area contributed by atoms with Gasteiger partial charge in [0.15, 0.2) is 0 Å². The van der Waals surface area contributed by atoms with E-state index in [1.807, 2.05) is 32.0 Å². The Kier molecular flexibility index (Phi) is 7.14. The quantitative estimate of drug-likeness (QED) is 0.651. The van der Waals surface area contributed by atoms with Crippen molar-refractivity contribution < 1.29 is 19.5 Å². The van der Waals surface area contributed by atoms with Crippen LogP contribution in [0, 0.1) is 13.8 Å².